The van der Waals surface area contributed by atoms with Crippen molar-refractivity contribution in [3.8, 4) is 33.8 Å². The van der Waals surface area contributed by atoms with Gasteiger partial charge in [0.25, 0.3) is 0 Å². The van der Waals surface area contributed by atoms with Gasteiger partial charge < -0.3 is 4.74 Å². The second kappa shape index (κ2) is 16.5. The van der Waals surface area contributed by atoms with E-state index in [1.54, 1.807) is 0 Å². The lowest BCUT2D eigenvalue weighted by molar-refractivity contribution is 0.421. The highest BCUT2D eigenvalue weighted by atomic mass is 16.5. The summed E-state index contributed by atoms with van der Waals surface area (Å²) in [5.74, 6) is 1.79. The van der Waals surface area contributed by atoms with E-state index >= 15 is 0 Å². The van der Waals surface area contributed by atoms with Gasteiger partial charge in [-0.25, -0.2) is 0 Å². The van der Waals surface area contributed by atoms with Crippen molar-refractivity contribution in [2.24, 2.45) is 20.0 Å². The summed E-state index contributed by atoms with van der Waals surface area (Å²) in [5, 5.41) is 0. The van der Waals surface area contributed by atoms with Crippen LogP contribution in [0.5, 0.6) is 11.5 Å². The lowest BCUT2D eigenvalue weighted by Crippen LogP contribution is -2.25. The van der Waals surface area contributed by atoms with Crippen LogP contribution in [-0.4, -0.2) is 22.8 Å². The van der Waals surface area contributed by atoms with Crippen molar-refractivity contribution >= 4 is 45.6 Å². The zero-order chi connectivity index (χ0) is 43.2. The number of nitrogens with zero attached hydrogens (tertiary/aromatic N) is 4. The second-order valence-corrected chi connectivity index (χ2v) is 17.3. The highest BCUT2D eigenvalue weighted by molar-refractivity contribution is 6.42. The molecule has 6 aromatic rings. The largest absolute Gasteiger partial charge is 0.455 e. The van der Waals surface area contributed by atoms with E-state index in [4.69, 9.17) is 24.7 Å². The summed E-state index contributed by atoms with van der Waals surface area (Å²) in [5.41, 5.74) is 23.1. The van der Waals surface area contributed by atoms with Gasteiger partial charge in [0.15, 0.2) is 0 Å². The van der Waals surface area contributed by atoms with Crippen LogP contribution >= 0.6 is 0 Å². The molecule has 0 unspecified atom stereocenters. The van der Waals surface area contributed by atoms with Crippen molar-refractivity contribution in [3.05, 3.63) is 153 Å². The van der Waals surface area contributed by atoms with Crippen LogP contribution in [0.4, 0.5) is 22.7 Å². The van der Waals surface area contributed by atoms with Gasteiger partial charge in [-0.05, 0) is 163 Å². The lowest BCUT2D eigenvalue weighted by Gasteiger charge is -2.36. The first-order chi connectivity index (χ1) is 28.5. The first-order valence-corrected chi connectivity index (χ1v) is 21.0. The summed E-state index contributed by atoms with van der Waals surface area (Å²) in [4.78, 5) is 20.3. The number of ether oxygens (including phenoxy) is 1. The molecule has 0 atom stereocenters. The summed E-state index contributed by atoms with van der Waals surface area (Å²) in [6.07, 6.45) is 0. The van der Waals surface area contributed by atoms with E-state index in [2.05, 4.69) is 166 Å². The van der Waals surface area contributed by atoms with Gasteiger partial charge in [-0.1, -0.05) is 86.6 Å². The van der Waals surface area contributed by atoms with E-state index < -0.39 is 0 Å². The monoisotopic (exact) mass is 790 g/mol. The van der Waals surface area contributed by atoms with E-state index in [0.717, 1.165) is 124 Å². The molecule has 6 aromatic carbocycles. The maximum Gasteiger partial charge on any atom is 0.139 e. The minimum Gasteiger partial charge on any atom is -0.455 e. The number of para-hydroxylation sites is 4. The number of hydrogen-bond donors (Lipinski definition) is 0. The zero-order valence-corrected chi connectivity index (χ0v) is 37.9. The summed E-state index contributed by atoms with van der Waals surface area (Å²) in [7, 11) is 0. The minimum atomic E-state index is -0.301. The van der Waals surface area contributed by atoms with Crippen LogP contribution in [0.1, 0.15) is 97.2 Å². The first-order valence-electron chi connectivity index (χ1n) is 21.0. The van der Waals surface area contributed by atoms with Crippen molar-refractivity contribution in [2.45, 2.75) is 102 Å². The highest BCUT2D eigenvalue weighted by Crippen LogP contribution is 2.54. The van der Waals surface area contributed by atoms with Crippen molar-refractivity contribution in [1.29, 1.82) is 0 Å². The minimum absolute atomic E-state index is 0.301. The van der Waals surface area contributed by atoms with Gasteiger partial charge >= 0.3 is 0 Å². The number of aliphatic imine (C=N–C) groups is 4. The van der Waals surface area contributed by atoms with Gasteiger partial charge in [0.05, 0.1) is 45.6 Å². The summed E-state index contributed by atoms with van der Waals surface area (Å²) in [6, 6.07) is 34.6. The van der Waals surface area contributed by atoms with Gasteiger partial charge in [0.1, 0.15) is 11.5 Å². The average Bonchev–Trinajstić information content (AvgIpc) is 3.19. The average molecular weight is 791 g/mol. The standard InChI is InChI=1S/C55H58N4O/c1-31-19-15-20-32(2)49(31)56-39(9)41(11)58-51-35(5)27-43(28-36(51)6)45-23-17-25-47-53(45)60-54-46(24-18-26-48(54)55(47,13)14)44-29-37(7)52(38(8)30-44)59-42(12)40(10)57-50-33(3)21-16-22-34(50)4/h15-30H,1-14H3. The third-order valence-electron chi connectivity index (χ3n) is 12.2. The van der Waals surface area contributed by atoms with Crippen molar-refractivity contribution < 1.29 is 4.74 Å². The molecule has 5 nitrogen and oxygen atoms in total. The number of fused-ring (bicyclic) bond motifs is 2. The summed E-state index contributed by atoms with van der Waals surface area (Å²) in [6.45, 7) is 29.8. The molecule has 0 bridgehead atoms. The lowest BCUT2D eigenvalue weighted by atomic mass is 9.73. The molecule has 0 amide bonds. The van der Waals surface area contributed by atoms with E-state index in [0.29, 0.717) is 0 Å². The maximum absolute atomic E-state index is 7.16. The van der Waals surface area contributed by atoms with Gasteiger partial charge in [-0.2, -0.15) is 0 Å². The Balaban J connectivity index is 1.24. The zero-order valence-electron chi connectivity index (χ0n) is 37.9. The summed E-state index contributed by atoms with van der Waals surface area (Å²) < 4.78 is 7.16. The van der Waals surface area contributed by atoms with Crippen molar-refractivity contribution in [2.75, 3.05) is 0 Å². The van der Waals surface area contributed by atoms with Gasteiger partial charge in [0, 0.05) is 27.7 Å². The van der Waals surface area contributed by atoms with E-state index in [9.17, 15) is 0 Å². The maximum atomic E-state index is 7.16. The number of aryl methyl sites for hydroxylation is 8. The quantitative estimate of drug-likeness (QED) is 0.142. The van der Waals surface area contributed by atoms with Crippen LogP contribution in [0.15, 0.2) is 117 Å². The molecule has 0 spiro atoms. The van der Waals surface area contributed by atoms with E-state index in [-0.39, 0.29) is 5.41 Å². The molecule has 0 N–H and O–H groups in total. The van der Waals surface area contributed by atoms with Crippen LogP contribution in [0.25, 0.3) is 22.3 Å². The number of hydrogen-bond acceptors (Lipinski definition) is 5. The molecule has 0 saturated carbocycles. The fourth-order valence-corrected chi connectivity index (χ4v) is 8.51. The molecule has 0 aromatic heterocycles. The van der Waals surface area contributed by atoms with Gasteiger partial charge in [-0.3, -0.25) is 20.0 Å². The number of benzene rings is 6. The molecule has 1 heterocycles. The van der Waals surface area contributed by atoms with E-state index in [1.807, 2.05) is 27.7 Å². The molecule has 304 valence electrons. The Hall–Kier alpha value is -6.20. The fraction of sp³-hybridized carbons (Fsp3) is 0.273. The van der Waals surface area contributed by atoms with Crippen LogP contribution in [0.2, 0.25) is 0 Å². The Morgan fingerprint density at radius 1 is 0.383 bits per heavy atom. The molecule has 5 heteroatoms. The highest BCUT2D eigenvalue weighted by Gasteiger charge is 2.37. The van der Waals surface area contributed by atoms with Crippen molar-refractivity contribution in [3.63, 3.8) is 0 Å². The Kier molecular flexibility index (Phi) is 11.5. The SMILES string of the molecule is CC(=Nc1c(C)cccc1C)C(C)=Nc1c(C)cc(-c2cccc3c2Oc2c(-c4cc(C)c(N=C(C)C(C)=Nc5c(C)cccc5C)c(C)c4)cccc2C3(C)C)cc1C. The van der Waals surface area contributed by atoms with Crippen LogP contribution < -0.4 is 4.74 Å². The molecule has 1 aliphatic rings. The molecule has 60 heavy (non-hydrogen) atoms. The van der Waals surface area contributed by atoms with E-state index in [1.165, 1.54) is 11.1 Å². The Labute approximate surface area is 357 Å². The first kappa shape index (κ1) is 41.9. The topological polar surface area (TPSA) is 58.7 Å². The third kappa shape index (κ3) is 7.93. The third-order valence-corrected chi connectivity index (χ3v) is 12.2. The molecule has 1 aliphatic heterocycles. The predicted octanol–water partition coefficient (Wildman–Crippen LogP) is 15.7. The Morgan fingerprint density at radius 3 is 0.950 bits per heavy atom. The second-order valence-electron chi connectivity index (χ2n) is 17.3. The molecule has 0 saturated heterocycles. The molecule has 0 fully saturated rings. The number of rotatable bonds is 8. The predicted molar refractivity (Wildman–Crippen MR) is 258 cm³/mol. The van der Waals surface area contributed by atoms with Gasteiger partial charge in [0.2, 0.25) is 0 Å². The van der Waals surface area contributed by atoms with Crippen LogP contribution in [0, 0.1) is 55.4 Å². The molecular weight excluding hydrogens is 733 g/mol. The van der Waals surface area contributed by atoms with Crippen molar-refractivity contribution in [1.82, 2.24) is 0 Å². The van der Waals surface area contributed by atoms with Crippen LogP contribution in [0.3, 0.4) is 0 Å². The Bertz CT molecular complexity index is 2550. The normalized spacial score (nSPS) is 14.2. The Morgan fingerprint density at radius 2 is 0.650 bits per heavy atom. The molecule has 0 aliphatic carbocycles. The molecule has 7 rings (SSSR count). The smallest absolute Gasteiger partial charge is 0.139 e. The van der Waals surface area contributed by atoms with Gasteiger partial charge in [-0.15, -0.1) is 0 Å². The molecule has 0 radical (unpaired) electrons. The fourth-order valence-electron chi connectivity index (χ4n) is 8.51. The summed E-state index contributed by atoms with van der Waals surface area (Å²) >= 11 is 0. The molecular formula is C55H58N4O. The van der Waals surface area contributed by atoms with Crippen LogP contribution in [-0.2, 0) is 5.41 Å².